The van der Waals surface area contributed by atoms with E-state index >= 15 is 0 Å². The second-order valence-corrected chi connectivity index (χ2v) is 5.08. The summed E-state index contributed by atoms with van der Waals surface area (Å²) in [5, 5.41) is 9.45. The fraction of sp³-hybridized carbons (Fsp3) is 0.105. The van der Waals surface area contributed by atoms with Crippen LogP contribution >= 0.6 is 0 Å². The number of benzene rings is 2. The Labute approximate surface area is 139 Å². The maximum absolute atomic E-state index is 11.5. The van der Waals surface area contributed by atoms with Crippen molar-refractivity contribution < 1.29 is 23.8 Å². The molecular weight excluding hydrogens is 308 g/mol. The third kappa shape index (κ3) is 3.10. The lowest BCUT2D eigenvalue weighted by Gasteiger charge is -2.15. The van der Waals surface area contributed by atoms with Gasteiger partial charge in [0, 0.05) is 0 Å². The highest BCUT2D eigenvalue weighted by Gasteiger charge is 2.22. The van der Waals surface area contributed by atoms with E-state index in [-0.39, 0.29) is 5.56 Å². The number of rotatable bonds is 6. The van der Waals surface area contributed by atoms with Gasteiger partial charge in [-0.3, -0.25) is 0 Å². The standard InChI is InChI=1S/C19H16O5/c1-22-18-16(24-12-13-6-3-2-4-7-13)10-9-14(19(20)21)17(18)15-8-5-11-23-15/h2-11H,12H2,1H3,(H,20,21). The van der Waals surface area contributed by atoms with Gasteiger partial charge in [0.25, 0.3) is 0 Å². The van der Waals surface area contributed by atoms with E-state index in [9.17, 15) is 9.90 Å². The van der Waals surface area contributed by atoms with Crippen LogP contribution < -0.4 is 9.47 Å². The average Bonchev–Trinajstić information content (AvgIpc) is 3.14. The molecular formula is C19H16O5. The smallest absolute Gasteiger partial charge is 0.336 e. The molecule has 3 rings (SSSR count). The number of methoxy groups -OCH3 is 1. The number of ether oxygens (including phenoxy) is 2. The summed E-state index contributed by atoms with van der Waals surface area (Å²) in [7, 11) is 1.47. The summed E-state index contributed by atoms with van der Waals surface area (Å²) in [5.74, 6) is 0.141. The topological polar surface area (TPSA) is 68.9 Å². The molecule has 0 amide bonds. The van der Waals surface area contributed by atoms with Gasteiger partial charge in [0.1, 0.15) is 12.4 Å². The second kappa shape index (κ2) is 6.91. The summed E-state index contributed by atoms with van der Waals surface area (Å²) in [6.07, 6.45) is 1.48. The van der Waals surface area contributed by atoms with E-state index in [2.05, 4.69) is 0 Å². The van der Waals surface area contributed by atoms with E-state index in [0.29, 0.717) is 29.4 Å². The molecule has 3 aromatic rings. The van der Waals surface area contributed by atoms with Crippen LogP contribution in [0.5, 0.6) is 11.5 Å². The second-order valence-electron chi connectivity index (χ2n) is 5.08. The van der Waals surface area contributed by atoms with Gasteiger partial charge >= 0.3 is 5.97 Å². The molecule has 0 aliphatic heterocycles. The van der Waals surface area contributed by atoms with Crippen molar-refractivity contribution in [3.05, 3.63) is 72.0 Å². The number of hydrogen-bond donors (Lipinski definition) is 1. The van der Waals surface area contributed by atoms with Gasteiger partial charge in [-0.2, -0.15) is 0 Å². The summed E-state index contributed by atoms with van der Waals surface area (Å²) in [5.41, 5.74) is 1.45. The SMILES string of the molecule is COc1c(OCc2ccccc2)ccc(C(=O)O)c1-c1ccco1. The Morgan fingerprint density at radius 1 is 1.08 bits per heavy atom. The van der Waals surface area contributed by atoms with Gasteiger partial charge < -0.3 is 19.0 Å². The zero-order valence-corrected chi connectivity index (χ0v) is 13.1. The van der Waals surface area contributed by atoms with Crippen LogP contribution in [0.15, 0.2) is 65.3 Å². The predicted octanol–water partition coefficient (Wildman–Crippen LogP) is 4.23. The first-order valence-corrected chi connectivity index (χ1v) is 7.35. The lowest BCUT2D eigenvalue weighted by molar-refractivity contribution is 0.0697. The predicted molar refractivity (Wildman–Crippen MR) is 88.4 cm³/mol. The maximum atomic E-state index is 11.5. The highest BCUT2D eigenvalue weighted by Crippen LogP contribution is 2.41. The first kappa shape index (κ1) is 15.7. The minimum Gasteiger partial charge on any atom is -0.492 e. The van der Waals surface area contributed by atoms with Gasteiger partial charge in [-0.15, -0.1) is 0 Å². The normalized spacial score (nSPS) is 10.4. The van der Waals surface area contributed by atoms with Crippen molar-refractivity contribution in [3.63, 3.8) is 0 Å². The molecule has 122 valence electrons. The van der Waals surface area contributed by atoms with Crippen molar-refractivity contribution in [2.45, 2.75) is 6.61 Å². The number of hydrogen-bond acceptors (Lipinski definition) is 4. The Morgan fingerprint density at radius 2 is 1.88 bits per heavy atom. The summed E-state index contributed by atoms with van der Waals surface area (Å²) >= 11 is 0. The molecule has 0 saturated heterocycles. The zero-order valence-electron chi connectivity index (χ0n) is 13.1. The van der Waals surface area contributed by atoms with Crippen molar-refractivity contribution in [3.8, 4) is 22.8 Å². The van der Waals surface area contributed by atoms with Crippen LogP contribution in [0.1, 0.15) is 15.9 Å². The van der Waals surface area contributed by atoms with E-state index in [1.165, 1.54) is 19.4 Å². The van der Waals surface area contributed by atoms with Crippen LogP contribution in [0, 0.1) is 0 Å². The third-order valence-corrected chi connectivity index (χ3v) is 3.56. The van der Waals surface area contributed by atoms with E-state index < -0.39 is 5.97 Å². The Hall–Kier alpha value is -3.21. The quantitative estimate of drug-likeness (QED) is 0.735. The lowest BCUT2D eigenvalue weighted by Crippen LogP contribution is -2.04. The fourth-order valence-electron chi connectivity index (χ4n) is 2.46. The molecule has 0 spiro atoms. The molecule has 0 fully saturated rings. The summed E-state index contributed by atoms with van der Waals surface area (Å²) < 4.78 is 16.6. The molecule has 1 heterocycles. The molecule has 0 bridgehead atoms. The van der Waals surface area contributed by atoms with Crippen LogP contribution in [0.25, 0.3) is 11.3 Å². The van der Waals surface area contributed by atoms with E-state index in [1.54, 1.807) is 18.2 Å². The lowest BCUT2D eigenvalue weighted by atomic mass is 10.0. The van der Waals surface area contributed by atoms with E-state index in [1.807, 2.05) is 30.3 Å². The van der Waals surface area contributed by atoms with Crippen LogP contribution in [-0.4, -0.2) is 18.2 Å². The highest BCUT2D eigenvalue weighted by atomic mass is 16.5. The summed E-state index contributed by atoms with van der Waals surface area (Å²) in [6.45, 7) is 0.348. The van der Waals surface area contributed by atoms with Gasteiger partial charge in [-0.1, -0.05) is 30.3 Å². The average molecular weight is 324 g/mol. The molecule has 5 nitrogen and oxygen atoms in total. The van der Waals surface area contributed by atoms with Crippen LogP contribution in [0.3, 0.4) is 0 Å². The Morgan fingerprint density at radius 3 is 2.50 bits per heavy atom. The van der Waals surface area contributed by atoms with Crippen molar-refractivity contribution in [1.82, 2.24) is 0 Å². The van der Waals surface area contributed by atoms with Gasteiger partial charge in [0.15, 0.2) is 11.5 Å². The molecule has 0 atom stereocenters. The van der Waals surface area contributed by atoms with Gasteiger partial charge in [-0.05, 0) is 29.8 Å². The highest BCUT2D eigenvalue weighted by molar-refractivity contribution is 5.98. The monoisotopic (exact) mass is 324 g/mol. The fourth-order valence-corrected chi connectivity index (χ4v) is 2.46. The minimum atomic E-state index is -1.06. The van der Waals surface area contributed by atoms with Crippen molar-refractivity contribution in [2.24, 2.45) is 0 Å². The number of aromatic carboxylic acids is 1. The molecule has 0 aliphatic carbocycles. The zero-order chi connectivity index (χ0) is 16.9. The molecule has 0 unspecified atom stereocenters. The first-order chi connectivity index (χ1) is 11.7. The minimum absolute atomic E-state index is 0.0915. The van der Waals surface area contributed by atoms with E-state index in [4.69, 9.17) is 13.9 Å². The molecule has 0 aliphatic rings. The molecule has 2 aromatic carbocycles. The molecule has 1 aromatic heterocycles. The van der Waals surface area contributed by atoms with Gasteiger partial charge in [0.05, 0.1) is 24.5 Å². The van der Waals surface area contributed by atoms with Crippen molar-refractivity contribution in [2.75, 3.05) is 7.11 Å². The Bertz CT molecular complexity index is 822. The third-order valence-electron chi connectivity index (χ3n) is 3.56. The Balaban J connectivity index is 2.01. The van der Waals surface area contributed by atoms with Gasteiger partial charge in [-0.25, -0.2) is 4.79 Å². The number of carboxylic acids is 1. The first-order valence-electron chi connectivity index (χ1n) is 7.35. The summed E-state index contributed by atoms with van der Waals surface area (Å²) in [4.78, 5) is 11.5. The molecule has 24 heavy (non-hydrogen) atoms. The number of furan rings is 1. The van der Waals surface area contributed by atoms with Gasteiger partial charge in [0.2, 0.25) is 0 Å². The Kier molecular flexibility index (Phi) is 4.52. The number of carboxylic acid groups (broad SMARTS) is 1. The molecule has 1 N–H and O–H groups in total. The molecule has 5 heteroatoms. The van der Waals surface area contributed by atoms with Crippen molar-refractivity contribution >= 4 is 5.97 Å². The van der Waals surface area contributed by atoms with Crippen LogP contribution in [0.4, 0.5) is 0 Å². The molecule has 0 saturated carbocycles. The number of carbonyl (C=O) groups is 1. The maximum Gasteiger partial charge on any atom is 0.336 e. The summed E-state index contributed by atoms with van der Waals surface area (Å²) in [6, 6.07) is 16.1. The molecule has 0 radical (unpaired) electrons. The largest absolute Gasteiger partial charge is 0.492 e. The van der Waals surface area contributed by atoms with Crippen molar-refractivity contribution in [1.29, 1.82) is 0 Å². The van der Waals surface area contributed by atoms with E-state index in [0.717, 1.165) is 5.56 Å². The van der Waals surface area contributed by atoms with Crippen LogP contribution in [0.2, 0.25) is 0 Å². The van der Waals surface area contributed by atoms with Crippen LogP contribution in [-0.2, 0) is 6.61 Å².